The molecule has 1 saturated heterocycles. The summed E-state index contributed by atoms with van der Waals surface area (Å²) in [5.74, 6) is -0.673. The lowest BCUT2D eigenvalue weighted by Gasteiger charge is -2.33. The van der Waals surface area contributed by atoms with Gasteiger partial charge in [0.15, 0.2) is 4.90 Å². The van der Waals surface area contributed by atoms with Crippen LogP contribution in [0.5, 0.6) is 0 Å². The Morgan fingerprint density at radius 2 is 1.90 bits per heavy atom. The van der Waals surface area contributed by atoms with Gasteiger partial charge < -0.3 is 10.3 Å². The molecule has 0 spiro atoms. The second-order valence-electron chi connectivity index (χ2n) is 8.22. The van der Waals surface area contributed by atoms with Crippen LogP contribution in [0, 0.1) is 12.8 Å². The van der Waals surface area contributed by atoms with Gasteiger partial charge in [0.1, 0.15) is 0 Å². The Morgan fingerprint density at radius 3 is 2.68 bits per heavy atom. The summed E-state index contributed by atoms with van der Waals surface area (Å²) in [6, 6.07) is 7.98. The third kappa shape index (κ3) is 4.22. The molecule has 1 aromatic carbocycles. The van der Waals surface area contributed by atoms with Crippen LogP contribution < -0.4 is 16.6 Å². The predicted molar refractivity (Wildman–Crippen MR) is 114 cm³/mol. The fourth-order valence-electron chi connectivity index (χ4n) is 4.60. The molecule has 31 heavy (non-hydrogen) atoms. The summed E-state index contributed by atoms with van der Waals surface area (Å²) in [5.41, 5.74) is 0.633. The van der Waals surface area contributed by atoms with E-state index in [2.05, 4.69) is 16.4 Å². The summed E-state index contributed by atoms with van der Waals surface area (Å²) in [7, 11) is -4.15. The molecule has 9 nitrogen and oxygen atoms in total. The SMILES string of the molecule is Cc1[nH]c(=O)[nH]c(=O)c1S(=O)(=O)N1CCC[C@H](C(=O)N[C@@H]2CCCc3ccccc32)C1. The van der Waals surface area contributed by atoms with Crippen molar-refractivity contribution in [3.63, 3.8) is 0 Å². The van der Waals surface area contributed by atoms with E-state index in [-0.39, 0.29) is 30.7 Å². The zero-order valence-electron chi connectivity index (χ0n) is 17.3. The normalized spacial score (nSPS) is 22.0. The number of aromatic nitrogens is 2. The molecule has 3 N–H and O–H groups in total. The van der Waals surface area contributed by atoms with Crippen LogP contribution in [-0.4, -0.2) is 41.7 Å². The van der Waals surface area contributed by atoms with Gasteiger partial charge in [0.25, 0.3) is 5.56 Å². The lowest BCUT2D eigenvalue weighted by molar-refractivity contribution is -0.127. The van der Waals surface area contributed by atoms with Crippen LogP contribution in [-0.2, 0) is 21.2 Å². The van der Waals surface area contributed by atoms with Gasteiger partial charge >= 0.3 is 5.69 Å². The minimum Gasteiger partial charge on any atom is -0.349 e. The average molecular weight is 447 g/mol. The summed E-state index contributed by atoms with van der Waals surface area (Å²) in [4.78, 5) is 40.4. The zero-order valence-corrected chi connectivity index (χ0v) is 18.1. The van der Waals surface area contributed by atoms with Crippen molar-refractivity contribution in [2.45, 2.75) is 50.0 Å². The van der Waals surface area contributed by atoms with E-state index in [0.29, 0.717) is 12.8 Å². The van der Waals surface area contributed by atoms with E-state index < -0.39 is 32.1 Å². The van der Waals surface area contributed by atoms with Crippen LogP contribution >= 0.6 is 0 Å². The molecular formula is C21H26N4O5S. The highest BCUT2D eigenvalue weighted by molar-refractivity contribution is 7.89. The van der Waals surface area contributed by atoms with E-state index in [1.54, 1.807) is 0 Å². The number of nitrogens with one attached hydrogen (secondary N) is 3. The molecule has 2 aromatic rings. The quantitative estimate of drug-likeness (QED) is 0.644. The molecular weight excluding hydrogens is 420 g/mol. The molecule has 1 fully saturated rings. The maximum atomic E-state index is 13.1. The Morgan fingerprint density at radius 1 is 1.13 bits per heavy atom. The highest BCUT2D eigenvalue weighted by atomic mass is 32.2. The maximum Gasteiger partial charge on any atom is 0.325 e. The van der Waals surface area contributed by atoms with Crippen molar-refractivity contribution in [1.29, 1.82) is 0 Å². The summed E-state index contributed by atoms with van der Waals surface area (Å²) in [6.45, 7) is 1.59. The fraction of sp³-hybridized carbons (Fsp3) is 0.476. The lowest BCUT2D eigenvalue weighted by Crippen LogP contribution is -2.47. The number of rotatable bonds is 4. The van der Waals surface area contributed by atoms with Crippen LogP contribution in [0.15, 0.2) is 38.8 Å². The Balaban J connectivity index is 1.52. The van der Waals surface area contributed by atoms with Gasteiger partial charge in [-0.25, -0.2) is 13.2 Å². The molecule has 1 amide bonds. The average Bonchev–Trinajstić information content (AvgIpc) is 2.73. The van der Waals surface area contributed by atoms with Gasteiger partial charge in [-0.05, 0) is 50.2 Å². The van der Waals surface area contributed by atoms with E-state index in [0.717, 1.165) is 24.8 Å². The van der Waals surface area contributed by atoms with Crippen molar-refractivity contribution < 1.29 is 13.2 Å². The van der Waals surface area contributed by atoms with Gasteiger partial charge in [0.2, 0.25) is 15.9 Å². The molecule has 2 heterocycles. The van der Waals surface area contributed by atoms with Crippen molar-refractivity contribution in [2.75, 3.05) is 13.1 Å². The van der Waals surface area contributed by atoms with E-state index in [9.17, 15) is 22.8 Å². The number of sulfonamides is 1. The molecule has 0 unspecified atom stereocenters. The largest absolute Gasteiger partial charge is 0.349 e. The van der Waals surface area contributed by atoms with Crippen LogP contribution in [0.25, 0.3) is 0 Å². The van der Waals surface area contributed by atoms with Gasteiger partial charge in [0, 0.05) is 18.8 Å². The fourth-order valence-corrected chi connectivity index (χ4v) is 6.32. The summed E-state index contributed by atoms with van der Waals surface area (Å²) in [6.07, 6.45) is 3.92. The number of aromatic amines is 2. The highest BCUT2D eigenvalue weighted by Gasteiger charge is 2.36. The summed E-state index contributed by atoms with van der Waals surface area (Å²) >= 11 is 0. The lowest BCUT2D eigenvalue weighted by atomic mass is 9.87. The summed E-state index contributed by atoms with van der Waals surface area (Å²) in [5, 5.41) is 3.11. The standard InChI is InChI=1S/C21H26N4O5S/c1-13-18(20(27)24-21(28)22-13)31(29,30)25-11-5-8-15(12-25)19(26)23-17-10-4-7-14-6-2-3-9-16(14)17/h2-3,6,9,15,17H,4-5,7-8,10-12H2,1H3,(H,23,26)(H2,22,24,27,28)/t15-,17+/m0/s1. The Hall–Kier alpha value is -2.72. The Bertz CT molecular complexity index is 1220. The zero-order chi connectivity index (χ0) is 22.2. The van der Waals surface area contributed by atoms with Crippen molar-refractivity contribution >= 4 is 15.9 Å². The van der Waals surface area contributed by atoms with E-state index in [4.69, 9.17) is 0 Å². The third-order valence-electron chi connectivity index (χ3n) is 6.11. The van der Waals surface area contributed by atoms with Gasteiger partial charge in [-0.1, -0.05) is 24.3 Å². The van der Waals surface area contributed by atoms with Crippen LogP contribution in [0.4, 0.5) is 0 Å². The molecule has 1 aliphatic heterocycles. The number of hydrogen-bond donors (Lipinski definition) is 3. The number of nitrogens with zero attached hydrogens (tertiary/aromatic N) is 1. The van der Waals surface area contributed by atoms with Crippen LogP contribution in [0.1, 0.15) is 48.5 Å². The van der Waals surface area contributed by atoms with Crippen molar-refractivity contribution in [3.8, 4) is 0 Å². The number of fused-ring (bicyclic) bond motifs is 1. The van der Waals surface area contributed by atoms with E-state index in [1.165, 1.54) is 16.8 Å². The number of hydrogen-bond acceptors (Lipinski definition) is 5. The maximum absolute atomic E-state index is 13.1. The molecule has 4 rings (SSSR count). The van der Waals surface area contributed by atoms with Gasteiger partial charge in [0.05, 0.1) is 12.0 Å². The molecule has 2 atom stereocenters. The Labute approximate surface area is 179 Å². The smallest absolute Gasteiger partial charge is 0.325 e. The Kier molecular flexibility index (Phi) is 5.85. The van der Waals surface area contributed by atoms with E-state index in [1.807, 2.05) is 23.2 Å². The van der Waals surface area contributed by atoms with Crippen molar-refractivity contribution in [2.24, 2.45) is 5.92 Å². The minimum absolute atomic E-state index is 0.000536. The molecule has 1 aromatic heterocycles. The van der Waals surface area contributed by atoms with Crippen LogP contribution in [0.3, 0.4) is 0 Å². The molecule has 166 valence electrons. The first-order chi connectivity index (χ1) is 14.8. The number of aryl methyl sites for hydroxylation is 2. The third-order valence-corrected chi connectivity index (χ3v) is 8.13. The second kappa shape index (κ2) is 8.43. The second-order valence-corrected chi connectivity index (χ2v) is 10.1. The predicted octanol–water partition coefficient (Wildman–Crippen LogP) is 0.966. The number of carbonyl (C=O) groups excluding carboxylic acids is 1. The van der Waals surface area contributed by atoms with Crippen LogP contribution in [0.2, 0.25) is 0 Å². The summed E-state index contributed by atoms with van der Waals surface area (Å²) < 4.78 is 27.4. The molecule has 0 radical (unpaired) electrons. The van der Waals surface area contributed by atoms with Gasteiger partial charge in [-0.15, -0.1) is 0 Å². The molecule has 0 bridgehead atoms. The number of benzene rings is 1. The monoisotopic (exact) mass is 446 g/mol. The van der Waals surface area contributed by atoms with Crippen molar-refractivity contribution in [3.05, 3.63) is 61.9 Å². The molecule has 10 heteroatoms. The first kappa shape index (κ1) is 21.5. The first-order valence-electron chi connectivity index (χ1n) is 10.5. The molecule has 0 saturated carbocycles. The number of H-pyrrole nitrogens is 2. The number of amides is 1. The number of carbonyl (C=O) groups is 1. The number of piperidine rings is 1. The van der Waals surface area contributed by atoms with Crippen molar-refractivity contribution in [1.82, 2.24) is 19.6 Å². The van der Waals surface area contributed by atoms with Gasteiger partial charge in [-0.2, -0.15) is 4.31 Å². The van der Waals surface area contributed by atoms with E-state index >= 15 is 0 Å². The molecule has 1 aliphatic carbocycles. The first-order valence-corrected chi connectivity index (χ1v) is 11.9. The topological polar surface area (TPSA) is 132 Å². The highest BCUT2D eigenvalue weighted by Crippen LogP contribution is 2.30. The molecule has 2 aliphatic rings. The van der Waals surface area contributed by atoms with Gasteiger partial charge in [-0.3, -0.25) is 14.6 Å². The minimum atomic E-state index is -4.15.